The van der Waals surface area contributed by atoms with Gasteiger partial charge in [0.15, 0.2) is 5.82 Å². The molecule has 0 saturated carbocycles. The fraction of sp³-hybridized carbons (Fsp3) is 0.462. The minimum atomic E-state index is 0.301. The topological polar surface area (TPSA) is 64.9 Å². The van der Waals surface area contributed by atoms with Crippen molar-refractivity contribution in [3.63, 3.8) is 0 Å². The van der Waals surface area contributed by atoms with Crippen molar-refractivity contribution >= 4 is 5.69 Å². The molecule has 1 aromatic carbocycles. The third-order valence-electron chi connectivity index (χ3n) is 2.95. The lowest BCUT2D eigenvalue weighted by molar-refractivity contribution is 0.184. The van der Waals surface area contributed by atoms with Crippen LogP contribution in [0.15, 0.2) is 24.3 Å². The summed E-state index contributed by atoms with van der Waals surface area (Å²) >= 11 is 0. The summed E-state index contributed by atoms with van der Waals surface area (Å²) in [6, 6.07) is 8.32. The molecule has 0 amide bonds. The van der Waals surface area contributed by atoms with Gasteiger partial charge in [-0.2, -0.15) is 4.68 Å². The van der Waals surface area contributed by atoms with Crippen LogP contribution in [0, 0.1) is 6.92 Å². The van der Waals surface area contributed by atoms with Crippen LogP contribution in [0.25, 0.3) is 5.69 Å². The quantitative estimate of drug-likeness (QED) is 0.859. The largest absolute Gasteiger partial charge is 0.383 e. The van der Waals surface area contributed by atoms with E-state index in [4.69, 9.17) is 4.74 Å². The average molecular weight is 261 g/mol. The summed E-state index contributed by atoms with van der Waals surface area (Å²) in [6.45, 7) is 4.69. The molecule has 102 valence electrons. The fourth-order valence-corrected chi connectivity index (χ4v) is 1.90. The Morgan fingerprint density at radius 3 is 2.89 bits per heavy atom. The number of ether oxygens (including phenoxy) is 1. The van der Waals surface area contributed by atoms with Crippen molar-refractivity contribution in [2.45, 2.75) is 26.3 Å². The molecule has 6 nitrogen and oxygen atoms in total. The Balaban J connectivity index is 2.18. The normalized spacial score (nSPS) is 12.4. The molecule has 0 aliphatic heterocycles. The van der Waals surface area contributed by atoms with E-state index >= 15 is 0 Å². The molecule has 2 aromatic rings. The van der Waals surface area contributed by atoms with E-state index in [9.17, 15) is 0 Å². The first-order chi connectivity index (χ1) is 9.24. The predicted molar refractivity (Wildman–Crippen MR) is 73.5 cm³/mol. The fourth-order valence-electron chi connectivity index (χ4n) is 1.90. The Morgan fingerprint density at radius 2 is 2.26 bits per heavy atom. The molecule has 2 rings (SSSR count). The lowest BCUT2D eigenvalue weighted by Crippen LogP contribution is -2.23. The summed E-state index contributed by atoms with van der Waals surface area (Å²) in [5.74, 6) is 0.765. The van der Waals surface area contributed by atoms with E-state index in [0.717, 1.165) is 23.6 Å². The van der Waals surface area contributed by atoms with Crippen molar-refractivity contribution in [2.24, 2.45) is 0 Å². The number of hydrogen-bond donors (Lipinski definition) is 1. The average Bonchev–Trinajstić information content (AvgIpc) is 2.85. The van der Waals surface area contributed by atoms with Gasteiger partial charge < -0.3 is 10.1 Å². The standard InChI is InChI=1S/C13H19N5O/c1-4-11(9-19-3)14-12-6-5-7-13(8-12)18-10(2)15-16-17-18/h5-8,11,14H,4,9H2,1-3H3. The van der Waals surface area contributed by atoms with Crippen molar-refractivity contribution in [1.82, 2.24) is 20.2 Å². The summed E-state index contributed by atoms with van der Waals surface area (Å²) in [6.07, 6.45) is 1.00. The molecule has 0 radical (unpaired) electrons. The first-order valence-electron chi connectivity index (χ1n) is 6.35. The third-order valence-corrected chi connectivity index (χ3v) is 2.95. The molecule has 0 aliphatic rings. The highest BCUT2D eigenvalue weighted by molar-refractivity contribution is 5.51. The first-order valence-corrected chi connectivity index (χ1v) is 6.35. The van der Waals surface area contributed by atoms with Gasteiger partial charge in [-0.25, -0.2) is 0 Å². The number of aryl methyl sites for hydroxylation is 1. The van der Waals surface area contributed by atoms with E-state index in [0.29, 0.717) is 12.6 Å². The van der Waals surface area contributed by atoms with Gasteiger partial charge in [-0.15, -0.1) is 5.10 Å². The van der Waals surface area contributed by atoms with Gasteiger partial charge in [0.05, 0.1) is 12.3 Å². The SMILES string of the molecule is CCC(COC)Nc1cccc(-n2nnnc2C)c1. The van der Waals surface area contributed by atoms with Crippen molar-refractivity contribution in [3.05, 3.63) is 30.1 Å². The van der Waals surface area contributed by atoms with Crippen LogP contribution in [-0.4, -0.2) is 40.0 Å². The van der Waals surface area contributed by atoms with E-state index in [1.807, 2.05) is 31.2 Å². The zero-order chi connectivity index (χ0) is 13.7. The van der Waals surface area contributed by atoms with Gasteiger partial charge in [-0.1, -0.05) is 13.0 Å². The van der Waals surface area contributed by atoms with Crippen LogP contribution < -0.4 is 5.32 Å². The van der Waals surface area contributed by atoms with Gasteiger partial charge >= 0.3 is 0 Å². The highest BCUT2D eigenvalue weighted by Crippen LogP contribution is 2.16. The Hall–Kier alpha value is -1.95. The second kappa shape index (κ2) is 6.29. The number of nitrogens with one attached hydrogen (secondary N) is 1. The van der Waals surface area contributed by atoms with E-state index in [-0.39, 0.29) is 0 Å². The zero-order valence-corrected chi connectivity index (χ0v) is 11.5. The van der Waals surface area contributed by atoms with Gasteiger partial charge in [0.25, 0.3) is 0 Å². The Labute approximate surface area is 112 Å². The van der Waals surface area contributed by atoms with Gasteiger partial charge in [0, 0.05) is 18.8 Å². The molecule has 1 heterocycles. The van der Waals surface area contributed by atoms with E-state index in [1.54, 1.807) is 11.8 Å². The van der Waals surface area contributed by atoms with Crippen LogP contribution in [0.1, 0.15) is 19.2 Å². The maximum absolute atomic E-state index is 5.19. The monoisotopic (exact) mass is 261 g/mol. The number of methoxy groups -OCH3 is 1. The minimum Gasteiger partial charge on any atom is -0.383 e. The molecule has 0 saturated heterocycles. The summed E-state index contributed by atoms with van der Waals surface area (Å²) in [4.78, 5) is 0. The van der Waals surface area contributed by atoms with Crippen molar-refractivity contribution in [2.75, 3.05) is 19.0 Å². The highest BCUT2D eigenvalue weighted by Gasteiger charge is 2.07. The Bertz CT molecular complexity index is 525. The van der Waals surface area contributed by atoms with Gasteiger partial charge in [0.1, 0.15) is 0 Å². The van der Waals surface area contributed by atoms with Crippen LogP contribution in [-0.2, 0) is 4.74 Å². The Kier molecular flexibility index (Phi) is 4.46. The van der Waals surface area contributed by atoms with Crippen LogP contribution in [0.3, 0.4) is 0 Å². The molecular weight excluding hydrogens is 242 g/mol. The molecule has 1 atom stereocenters. The summed E-state index contributed by atoms with van der Waals surface area (Å²) in [5, 5.41) is 15.0. The molecule has 1 unspecified atom stereocenters. The number of benzene rings is 1. The van der Waals surface area contributed by atoms with Crippen LogP contribution in [0.4, 0.5) is 5.69 Å². The highest BCUT2D eigenvalue weighted by atomic mass is 16.5. The predicted octanol–water partition coefficient (Wildman–Crippen LogP) is 1.81. The molecule has 0 bridgehead atoms. The van der Waals surface area contributed by atoms with Gasteiger partial charge in [0.2, 0.25) is 0 Å². The van der Waals surface area contributed by atoms with E-state index in [1.165, 1.54) is 0 Å². The molecule has 0 fully saturated rings. The number of hydrogen-bond acceptors (Lipinski definition) is 5. The maximum Gasteiger partial charge on any atom is 0.153 e. The van der Waals surface area contributed by atoms with Crippen LogP contribution in [0.5, 0.6) is 0 Å². The number of nitrogens with zero attached hydrogens (tertiary/aromatic N) is 4. The second-order valence-electron chi connectivity index (χ2n) is 4.39. The molecule has 0 spiro atoms. The summed E-state index contributed by atoms with van der Waals surface area (Å²) in [7, 11) is 1.71. The van der Waals surface area contributed by atoms with Crippen LogP contribution >= 0.6 is 0 Å². The summed E-state index contributed by atoms with van der Waals surface area (Å²) in [5.41, 5.74) is 1.98. The van der Waals surface area contributed by atoms with Gasteiger partial charge in [-0.3, -0.25) is 0 Å². The number of anilines is 1. The van der Waals surface area contributed by atoms with Crippen molar-refractivity contribution < 1.29 is 4.74 Å². The molecule has 6 heteroatoms. The lowest BCUT2D eigenvalue weighted by atomic mass is 10.2. The molecular formula is C13H19N5O. The number of rotatable bonds is 6. The Morgan fingerprint density at radius 1 is 1.42 bits per heavy atom. The molecule has 19 heavy (non-hydrogen) atoms. The molecule has 1 aromatic heterocycles. The third kappa shape index (κ3) is 3.29. The van der Waals surface area contributed by atoms with E-state index in [2.05, 4.69) is 27.8 Å². The summed E-state index contributed by atoms with van der Waals surface area (Å²) < 4.78 is 6.90. The smallest absolute Gasteiger partial charge is 0.153 e. The van der Waals surface area contributed by atoms with Crippen LogP contribution in [0.2, 0.25) is 0 Å². The maximum atomic E-state index is 5.19. The first kappa shape index (κ1) is 13.5. The zero-order valence-electron chi connectivity index (χ0n) is 11.5. The van der Waals surface area contributed by atoms with Crippen molar-refractivity contribution in [3.8, 4) is 5.69 Å². The minimum absolute atomic E-state index is 0.301. The molecule has 1 N–H and O–H groups in total. The van der Waals surface area contributed by atoms with E-state index < -0.39 is 0 Å². The lowest BCUT2D eigenvalue weighted by Gasteiger charge is -2.17. The second-order valence-corrected chi connectivity index (χ2v) is 4.39. The van der Waals surface area contributed by atoms with Gasteiger partial charge in [-0.05, 0) is 42.0 Å². The number of tetrazole rings is 1. The molecule has 0 aliphatic carbocycles. The number of aromatic nitrogens is 4. The van der Waals surface area contributed by atoms with Crippen molar-refractivity contribution in [1.29, 1.82) is 0 Å².